The van der Waals surface area contributed by atoms with E-state index in [1.807, 2.05) is 0 Å². The van der Waals surface area contributed by atoms with Gasteiger partial charge in [0, 0.05) is 0 Å². The van der Waals surface area contributed by atoms with Gasteiger partial charge in [-0.05, 0) is 0 Å². The summed E-state index contributed by atoms with van der Waals surface area (Å²) in [6.45, 7) is 0. The van der Waals surface area contributed by atoms with Crippen molar-refractivity contribution in [3.8, 4) is 93.1 Å². The Kier molecular flexibility index (Phi) is 9.08. The predicted octanol–water partition coefficient (Wildman–Crippen LogP) is 2.28. The van der Waals surface area contributed by atoms with Gasteiger partial charge in [0.1, 0.15) is 0 Å². The Bertz CT molecular complexity index is 2680. The predicted molar refractivity (Wildman–Crippen MR) is 214 cm³/mol. The summed E-state index contributed by atoms with van der Waals surface area (Å²) in [5.41, 5.74) is 3.17. The van der Waals surface area contributed by atoms with Crippen LogP contribution < -0.4 is 43.5 Å². The molecule has 0 amide bonds. The fourth-order valence-corrected chi connectivity index (χ4v) is 7.48. The van der Waals surface area contributed by atoms with Crippen molar-refractivity contribution in [2.45, 2.75) is 0 Å². The van der Waals surface area contributed by atoms with E-state index in [1.165, 1.54) is 56.9 Å². The van der Waals surface area contributed by atoms with Crippen molar-refractivity contribution in [3.05, 3.63) is 0 Å². The number of H-pyrrole nitrogens is 2. The number of methoxy groups -OCH3 is 8. The quantitative estimate of drug-likeness (QED) is 0.207. The molecule has 0 saturated heterocycles. The second-order valence-corrected chi connectivity index (χ2v) is 13.6. The molecule has 9 rings (SSSR count). The first-order chi connectivity index (χ1) is 28.2. The van der Waals surface area contributed by atoms with E-state index >= 15 is 0 Å². The maximum Gasteiger partial charge on any atom is 0.302 e. The molecule has 0 aromatic carbocycles. The number of ether oxygens (including phenoxy) is 8. The first-order valence-electron chi connectivity index (χ1n) is 16.5. The molecule has 7 aromatic heterocycles. The number of hydrogen-bond acceptors (Lipinski definition) is 20. The normalized spacial score (nSPS) is 11.6. The largest absolute Gasteiger partial charge is 0.477 e. The number of fused-ring (bicyclic) bond motifs is 20. The molecule has 0 saturated carbocycles. The summed E-state index contributed by atoms with van der Waals surface area (Å²) < 4.78 is 47.7. The fraction of sp³-hybridized carbons (Fsp3) is 0.250. The van der Waals surface area contributed by atoms with Gasteiger partial charge in [0.2, 0.25) is 22.6 Å². The second kappa shape index (κ2) is 14.2. The Morgan fingerprint density at radius 2 is 0.500 bits per heavy atom. The maximum absolute atomic E-state index is 5.55. The van der Waals surface area contributed by atoms with Crippen molar-refractivity contribution in [3.63, 3.8) is 0 Å². The monoisotopic (exact) mass is 1020 g/mol. The number of nitrogens with one attached hydrogen (secondary N) is 2. The lowest BCUT2D eigenvalue weighted by molar-refractivity contribution is -0.416. The van der Waals surface area contributed by atoms with Gasteiger partial charge in [0.25, 0.3) is 47.0 Å². The van der Waals surface area contributed by atoms with E-state index in [-0.39, 0.29) is 115 Å². The lowest BCUT2D eigenvalue weighted by Gasteiger charge is -2.05. The van der Waals surface area contributed by atoms with Gasteiger partial charge in [-0.25, -0.2) is 19.9 Å². The summed E-state index contributed by atoms with van der Waals surface area (Å²) in [6, 6.07) is 0. The third-order valence-electron chi connectivity index (χ3n) is 8.72. The zero-order chi connectivity index (χ0) is 40.6. The van der Waals surface area contributed by atoms with Crippen molar-refractivity contribution < 1.29 is 43.5 Å². The Hall–Kier alpha value is -6.46. The van der Waals surface area contributed by atoms with Gasteiger partial charge in [-0.3, -0.25) is 9.97 Å². The van der Waals surface area contributed by atoms with E-state index in [9.17, 15) is 0 Å². The van der Waals surface area contributed by atoms with Crippen molar-refractivity contribution in [1.29, 1.82) is 0 Å². The number of halogens is 2. The number of aromatic amines is 2. The number of aromatic nitrogens is 16. The van der Waals surface area contributed by atoms with Crippen LogP contribution in [-0.4, -0.2) is 127 Å². The number of rotatable bonds is 8. The molecule has 2 N–H and O–H groups in total. The molecule has 26 heteroatoms. The zero-order valence-electron chi connectivity index (χ0n) is 31.3. The zero-order valence-corrected chi connectivity index (χ0v) is 35.6. The van der Waals surface area contributed by atoms with Gasteiger partial charge in [-0.1, -0.05) is 19.9 Å². The third kappa shape index (κ3) is 5.51. The molecule has 0 radical (unpaired) electrons. The highest BCUT2D eigenvalue weighted by Gasteiger charge is 2.39. The van der Waals surface area contributed by atoms with Crippen LogP contribution in [-0.2, 0) is 0 Å². The Balaban J connectivity index is 1.54. The molecule has 8 bridgehead atoms. The molecule has 0 aliphatic carbocycles. The van der Waals surface area contributed by atoms with Crippen molar-refractivity contribution in [2.24, 2.45) is 0 Å². The average molecular weight is 1020 g/mol. The fourth-order valence-electron chi connectivity index (χ4n) is 6.13. The first-order valence-corrected chi connectivity index (χ1v) is 18.4. The molecule has 58 heavy (non-hydrogen) atoms. The van der Waals surface area contributed by atoms with Crippen LogP contribution >= 0.6 is 45.7 Å². The summed E-state index contributed by atoms with van der Waals surface area (Å²) in [5, 5.41) is 0. The molecule has 24 nitrogen and oxygen atoms in total. The molecular weight excluding hydrogens is 990 g/mol. The molecule has 2 aliphatic rings. The van der Waals surface area contributed by atoms with E-state index in [0.717, 1.165) is 0 Å². The van der Waals surface area contributed by atoms with Crippen LogP contribution in [0, 0.1) is 0 Å². The minimum atomic E-state index is 0.105. The van der Waals surface area contributed by atoms with E-state index in [2.05, 4.69) is 55.7 Å². The van der Waals surface area contributed by atoms with E-state index in [1.54, 1.807) is 5.56 Å². The van der Waals surface area contributed by atoms with Crippen molar-refractivity contribution >= 4 is 90.4 Å². The summed E-state index contributed by atoms with van der Waals surface area (Å²) in [4.78, 5) is 64.7. The average Bonchev–Trinajstić information content (AvgIpc) is 3.92. The van der Waals surface area contributed by atoms with Gasteiger partial charge < -0.3 is 37.9 Å². The number of nitrogens with zero attached hydrogens (tertiary/aromatic N) is 14. The smallest absolute Gasteiger partial charge is 0.302 e. The van der Waals surface area contributed by atoms with Gasteiger partial charge in [0.15, 0.2) is 90.6 Å². The Morgan fingerprint density at radius 1 is 0.310 bits per heavy atom. The van der Waals surface area contributed by atoms with Crippen LogP contribution in [0.15, 0.2) is 0 Å². The van der Waals surface area contributed by atoms with Crippen LogP contribution in [0.1, 0.15) is 0 Å². The van der Waals surface area contributed by atoms with Gasteiger partial charge >= 0.3 is 23.3 Å². The van der Waals surface area contributed by atoms with Crippen LogP contribution in [0.2, 0.25) is 0 Å². The molecule has 0 fully saturated rings. The minimum absolute atomic E-state index is 0.105. The Labute approximate surface area is 351 Å². The third-order valence-corrected chi connectivity index (χ3v) is 10.5. The van der Waals surface area contributed by atoms with E-state index in [4.69, 9.17) is 97.7 Å². The maximum atomic E-state index is 5.55. The van der Waals surface area contributed by atoms with Gasteiger partial charge in [-0.2, -0.15) is 25.5 Å². The highest BCUT2D eigenvalue weighted by molar-refractivity contribution is 14.1. The van der Waals surface area contributed by atoms with Gasteiger partial charge in [0.05, 0.1) is 56.9 Å². The lowest BCUT2D eigenvalue weighted by atomic mass is 10.3. The summed E-state index contributed by atoms with van der Waals surface area (Å²) >= 11 is 4.10. The Morgan fingerprint density at radius 3 is 0.690 bits per heavy atom. The molecule has 9 heterocycles. The summed E-state index contributed by atoms with van der Waals surface area (Å²) in [5.74, 6) is 1.96. The highest BCUT2D eigenvalue weighted by atomic mass is 127. The summed E-state index contributed by atoms with van der Waals surface area (Å²) in [6.07, 6.45) is 0. The van der Waals surface area contributed by atoms with Gasteiger partial charge in [-0.15, -0.1) is 0 Å². The SMILES string of the molecule is COc1nc2c(nc1OC)-c1nc3[nH]c(nc4[n+](I)c(nc5[nH]c(nc-2[n+]1I)c1nc(OC)c(OC)nc51)-c1nc(OC)c(OC)nc1-4)c1nc(OC)c(OC)nc31. The first kappa shape index (κ1) is 37.1. The van der Waals surface area contributed by atoms with E-state index in [0.29, 0.717) is 22.8 Å². The molecule has 2 aliphatic heterocycles. The van der Waals surface area contributed by atoms with Crippen LogP contribution in [0.25, 0.3) is 90.7 Å². The lowest BCUT2D eigenvalue weighted by Crippen LogP contribution is -2.22. The topological polar surface area (TPSA) is 268 Å². The van der Waals surface area contributed by atoms with Crippen molar-refractivity contribution in [1.82, 2.24) is 69.8 Å². The van der Waals surface area contributed by atoms with Crippen molar-refractivity contribution in [2.75, 3.05) is 56.9 Å². The van der Waals surface area contributed by atoms with Crippen LogP contribution in [0.3, 0.4) is 0 Å². The van der Waals surface area contributed by atoms with Crippen LogP contribution in [0.5, 0.6) is 47.0 Å². The molecule has 7 aromatic rings. The minimum Gasteiger partial charge on any atom is -0.477 e. The standard InChI is InChI=1S/C32H24I2N16O8/c1-51-25-26(52-2)36-10-9(35-25)17-43-18(10)46-22-15-16(42-32(58-8)31(41-15)57-7)24(50(22)34)48-20-12-11(37-27(53-3)28(38-12)54-4)19(44-20)47-23-14-13(21(45-17)49(23)33)39-29(55-5)30(40-14)56-6/h1-8H3/p+2. The summed E-state index contributed by atoms with van der Waals surface area (Å²) in [7, 11) is 11.6. The molecule has 294 valence electrons. The highest BCUT2D eigenvalue weighted by Crippen LogP contribution is 2.39. The second-order valence-electron chi connectivity index (χ2n) is 11.7. The molecule has 0 unspecified atom stereocenters. The molecule has 0 spiro atoms. The molecular formula is C32H26I2N16O8+2. The van der Waals surface area contributed by atoms with Crippen LogP contribution in [0.4, 0.5) is 0 Å². The number of hydrogen-bond donors (Lipinski definition) is 2. The molecule has 0 atom stereocenters. The van der Waals surface area contributed by atoms with E-state index < -0.39 is 0 Å².